The van der Waals surface area contributed by atoms with Gasteiger partial charge in [0.25, 0.3) is 0 Å². The number of hydrogen-bond donors (Lipinski definition) is 2. The van der Waals surface area contributed by atoms with Crippen molar-refractivity contribution in [1.29, 1.82) is 0 Å². The Bertz CT molecular complexity index is 273. The van der Waals surface area contributed by atoms with E-state index in [-0.39, 0.29) is 17.4 Å². The lowest BCUT2D eigenvalue weighted by Crippen LogP contribution is -2.57. The third-order valence-electron chi connectivity index (χ3n) is 3.58. The summed E-state index contributed by atoms with van der Waals surface area (Å²) in [4.78, 5) is 14.2. The molecule has 0 saturated carbocycles. The molecule has 106 valence electrons. The van der Waals surface area contributed by atoms with Crippen molar-refractivity contribution >= 4 is 5.91 Å². The summed E-state index contributed by atoms with van der Waals surface area (Å²) in [5.41, 5.74) is 5.76. The van der Waals surface area contributed by atoms with Crippen LogP contribution in [-0.4, -0.2) is 55.2 Å². The van der Waals surface area contributed by atoms with Crippen LogP contribution in [0.1, 0.15) is 27.7 Å². The van der Waals surface area contributed by atoms with Crippen molar-refractivity contribution in [1.82, 2.24) is 10.2 Å². The van der Waals surface area contributed by atoms with Crippen molar-refractivity contribution in [3.8, 4) is 0 Å². The third kappa shape index (κ3) is 4.23. The Morgan fingerprint density at radius 3 is 2.44 bits per heavy atom. The Labute approximate surface area is 110 Å². The molecule has 1 atom stereocenters. The first-order valence-corrected chi connectivity index (χ1v) is 6.70. The first-order valence-electron chi connectivity index (χ1n) is 6.70. The van der Waals surface area contributed by atoms with Gasteiger partial charge in [0.15, 0.2) is 0 Å². The van der Waals surface area contributed by atoms with E-state index in [0.717, 1.165) is 26.3 Å². The van der Waals surface area contributed by atoms with Crippen LogP contribution < -0.4 is 11.1 Å². The molecule has 0 spiro atoms. The molecular weight excluding hydrogens is 230 g/mol. The first-order chi connectivity index (χ1) is 8.34. The van der Waals surface area contributed by atoms with E-state index in [1.807, 2.05) is 13.8 Å². The molecule has 5 heteroatoms. The summed E-state index contributed by atoms with van der Waals surface area (Å²) < 4.78 is 5.34. The van der Waals surface area contributed by atoms with Crippen LogP contribution in [0.25, 0.3) is 0 Å². The van der Waals surface area contributed by atoms with Crippen LogP contribution in [0.5, 0.6) is 0 Å². The topological polar surface area (TPSA) is 67.6 Å². The average Bonchev–Trinajstić information content (AvgIpc) is 2.36. The molecule has 18 heavy (non-hydrogen) atoms. The minimum atomic E-state index is -0.425. The molecule has 1 rings (SSSR count). The Balaban J connectivity index is 2.43. The van der Waals surface area contributed by atoms with Gasteiger partial charge in [0.05, 0.1) is 19.3 Å². The number of rotatable bonds is 5. The van der Waals surface area contributed by atoms with E-state index in [1.165, 1.54) is 0 Å². The van der Waals surface area contributed by atoms with Crippen LogP contribution in [0, 0.1) is 5.92 Å². The second kappa shape index (κ2) is 6.50. The first kappa shape index (κ1) is 15.4. The molecular formula is C13H27N3O2. The van der Waals surface area contributed by atoms with Gasteiger partial charge >= 0.3 is 0 Å². The monoisotopic (exact) mass is 257 g/mol. The van der Waals surface area contributed by atoms with E-state index in [9.17, 15) is 4.79 Å². The minimum Gasteiger partial charge on any atom is -0.379 e. The number of nitrogens with zero attached hydrogens (tertiary/aromatic N) is 1. The molecule has 0 aromatic heterocycles. The Morgan fingerprint density at radius 2 is 1.94 bits per heavy atom. The van der Waals surface area contributed by atoms with Crippen LogP contribution >= 0.6 is 0 Å². The van der Waals surface area contributed by atoms with Gasteiger partial charge in [-0.25, -0.2) is 0 Å². The van der Waals surface area contributed by atoms with E-state index >= 15 is 0 Å². The van der Waals surface area contributed by atoms with Crippen molar-refractivity contribution < 1.29 is 9.53 Å². The van der Waals surface area contributed by atoms with Crippen molar-refractivity contribution in [3.05, 3.63) is 0 Å². The molecule has 1 aliphatic heterocycles. The van der Waals surface area contributed by atoms with Crippen molar-refractivity contribution in [2.45, 2.75) is 39.3 Å². The van der Waals surface area contributed by atoms with Crippen molar-refractivity contribution in [2.24, 2.45) is 11.7 Å². The van der Waals surface area contributed by atoms with Crippen LogP contribution in [0.15, 0.2) is 0 Å². The molecule has 0 aromatic rings. The number of nitrogens with one attached hydrogen (secondary N) is 1. The number of hydrogen-bond acceptors (Lipinski definition) is 4. The normalized spacial score (nSPS) is 19.9. The molecule has 1 heterocycles. The highest BCUT2D eigenvalue weighted by molar-refractivity contribution is 5.81. The Hall–Kier alpha value is -0.650. The van der Waals surface area contributed by atoms with Gasteiger partial charge in [-0.1, -0.05) is 13.8 Å². The fourth-order valence-electron chi connectivity index (χ4n) is 2.00. The minimum absolute atomic E-state index is 0.0594. The highest BCUT2D eigenvalue weighted by atomic mass is 16.5. The van der Waals surface area contributed by atoms with Gasteiger partial charge in [0.2, 0.25) is 5.91 Å². The maximum Gasteiger partial charge on any atom is 0.237 e. The number of amides is 1. The molecule has 1 fully saturated rings. The summed E-state index contributed by atoms with van der Waals surface area (Å²) in [5.74, 6) is 0.0998. The second-order valence-corrected chi connectivity index (χ2v) is 5.90. The van der Waals surface area contributed by atoms with E-state index < -0.39 is 6.04 Å². The smallest absolute Gasteiger partial charge is 0.237 e. The van der Waals surface area contributed by atoms with Crippen LogP contribution in [-0.2, 0) is 9.53 Å². The van der Waals surface area contributed by atoms with Gasteiger partial charge in [-0.3, -0.25) is 9.69 Å². The van der Waals surface area contributed by atoms with Gasteiger partial charge in [-0.15, -0.1) is 0 Å². The molecule has 3 N–H and O–H groups in total. The molecule has 1 amide bonds. The summed E-state index contributed by atoms with van der Waals surface area (Å²) >= 11 is 0. The number of nitrogens with two attached hydrogens (primary N) is 1. The predicted octanol–water partition coefficient (Wildman–Crippen LogP) is 0.197. The fourth-order valence-corrected chi connectivity index (χ4v) is 2.00. The maximum absolute atomic E-state index is 11.8. The lowest BCUT2D eigenvalue weighted by atomic mass is 10.0. The molecule has 5 nitrogen and oxygen atoms in total. The Morgan fingerprint density at radius 1 is 1.39 bits per heavy atom. The fraction of sp³-hybridized carbons (Fsp3) is 0.923. The molecule has 0 bridgehead atoms. The summed E-state index contributed by atoms with van der Waals surface area (Å²) in [6.45, 7) is 12.2. The Kier molecular flexibility index (Phi) is 5.56. The van der Waals surface area contributed by atoms with Gasteiger partial charge in [-0.05, 0) is 19.8 Å². The van der Waals surface area contributed by atoms with Crippen molar-refractivity contribution in [2.75, 3.05) is 32.8 Å². The quantitative estimate of drug-likeness (QED) is 0.738. The summed E-state index contributed by atoms with van der Waals surface area (Å²) in [6, 6.07) is -0.425. The van der Waals surface area contributed by atoms with Gasteiger partial charge in [-0.2, -0.15) is 0 Å². The summed E-state index contributed by atoms with van der Waals surface area (Å²) in [5, 5.41) is 2.95. The third-order valence-corrected chi connectivity index (χ3v) is 3.58. The number of carbonyl (C=O) groups is 1. The number of ether oxygens (including phenoxy) is 1. The van der Waals surface area contributed by atoms with Crippen molar-refractivity contribution in [3.63, 3.8) is 0 Å². The number of carbonyl (C=O) groups excluding carboxylic acids is 1. The van der Waals surface area contributed by atoms with E-state index in [0.29, 0.717) is 6.54 Å². The second-order valence-electron chi connectivity index (χ2n) is 5.90. The summed E-state index contributed by atoms with van der Waals surface area (Å²) in [7, 11) is 0. The largest absolute Gasteiger partial charge is 0.379 e. The zero-order chi connectivity index (χ0) is 13.8. The molecule has 0 aromatic carbocycles. The SMILES string of the molecule is CC(C)[C@@H](N)C(=O)NCC(C)(C)N1CCOCC1. The zero-order valence-corrected chi connectivity index (χ0v) is 12.0. The lowest BCUT2D eigenvalue weighted by molar-refractivity contribution is -0.124. The standard InChI is InChI=1S/C13H27N3O2/c1-10(2)11(14)12(17)15-9-13(3,4)16-5-7-18-8-6-16/h10-11H,5-9,14H2,1-4H3,(H,15,17)/t11-/m1/s1. The van der Waals surface area contributed by atoms with E-state index in [4.69, 9.17) is 10.5 Å². The highest BCUT2D eigenvalue weighted by Crippen LogP contribution is 2.15. The van der Waals surface area contributed by atoms with Gasteiger partial charge < -0.3 is 15.8 Å². The molecule has 1 saturated heterocycles. The lowest BCUT2D eigenvalue weighted by Gasteiger charge is -2.41. The van der Waals surface area contributed by atoms with E-state index in [1.54, 1.807) is 0 Å². The molecule has 0 unspecified atom stereocenters. The van der Waals surface area contributed by atoms with Crippen LogP contribution in [0.2, 0.25) is 0 Å². The zero-order valence-electron chi connectivity index (χ0n) is 12.0. The summed E-state index contributed by atoms with van der Waals surface area (Å²) in [6.07, 6.45) is 0. The number of morpholine rings is 1. The molecule has 1 aliphatic rings. The maximum atomic E-state index is 11.8. The molecule has 0 radical (unpaired) electrons. The predicted molar refractivity (Wildman–Crippen MR) is 72.3 cm³/mol. The van der Waals surface area contributed by atoms with Gasteiger partial charge in [0.1, 0.15) is 0 Å². The average molecular weight is 257 g/mol. The van der Waals surface area contributed by atoms with Crippen LogP contribution in [0.4, 0.5) is 0 Å². The molecule has 0 aliphatic carbocycles. The van der Waals surface area contributed by atoms with Crippen LogP contribution in [0.3, 0.4) is 0 Å². The van der Waals surface area contributed by atoms with Gasteiger partial charge in [0, 0.05) is 25.2 Å². The highest BCUT2D eigenvalue weighted by Gasteiger charge is 2.29. The van der Waals surface area contributed by atoms with E-state index in [2.05, 4.69) is 24.1 Å².